The highest BCUT2D eigenvalue weighted by Gasteiger charge is 2.43. The maximum absolute atomic E-state index is 12.7. The Morgan fingerprint density at radius 3 is 2.11 bits per heavy atom. The summed E-state index contributed by atoms with van der Waals surface area (Å²) in [6, 6.07) is 16.1. The number of hydrogen-bond donors (Lipinski definition) is 2. The van der Waals surface area contributed by atoms with Crippen molar-refractivity contribution in [3.63, 3.8) is 0 Å². The molecule has 0 saturated carbocycles. The van der Waals surface area contributed by atoms with Crippen molar-refractivity contribution in [1.29, 1.82) is 0 Å². The Morgan fingerprint density at radius 1 is 1.04 bits per heavy atom. The maximum Gasteiger partial charge on any atom is 0.410 e. The predicted molar refractivity (Wildman–Crippen MR) is 114 cm³/mol. The molecule has 1 aliphatic rings. The Hall–Kier alpha value is -2.69. The number of nitrogens with two attached hydrogens (primary N) is 2. The number of amides is 1. The third kappa shape index (κ3) is 4.24. The van der Waals surface area contributed by atoms with Crippen molar-refractivity contribution in [2.75, 3.05) is 24.6 Å². The lowest BCUT2D eigenvalue weighted by molar-refractivity contribution is 0.0139. The molecule has 2 unspecified atom stereocenters. The number of carbonyl (C=O) groups excluding carboxylic acids is 1. The number of nitrogen functional groups attached to an aromatic ring is 2. The summed E-state index contributed by atoms with van der Waals surface area (Å²) in [5.41, 5.74) is 15.0. The fourth-order valence-electron chi connectivity index (χ4n) is 3.96. The van der Waals surface area contributed by atoms with Crippen LogP contribution in [0.5, 0.6) is 0 Å². The molecule has 0 aliphatic carbocycles. The van der Waals surface area contributed by atoms with Gasteiger partial charge < -0.3 is 21.1 Å². The number of likely N-dealkylation sites (tertiary alicyclic amines) is 1. The average Bonchev–Trinajstić information content (AvgIpc) is 2.62. The third-order valence-electron chi connectivity index (χ3n) is 5.63. The monoisotopic (exact) mass is 381 g/mol. The van der Waals surface area contributed by atoms with Gasteiger partial charge in [0.25, 0.3) is 0 Å². The molecule has 1 saturated heterocycles. The van der Waals surface area contributed by atoms with Crippen LogP contribution in [-0.4, -0.2) is 29.7 Å². The number of anilines is 2. The topological polar surface area (TPSA) is 81.6 Å². The van der Waals surface area contributed by atoms with Crippen LogP contribution in [0, 0.1) is 0 Å². The number of ether oxygens (including phenoxy) is 1. The van der Waals surface area contributed by atoms with Gasteiger partial charge in [0.2, 0.25) is 0 Å². The minimum Gasteiger partial charge on any atom is -0.444 e. The van der Waals surface area contributed by atoms with Gasteiger partial charge >= 0.3 is 6.09 Å². The highest BCUT2D eigenvalue weighted by Crippen LogP contribution is 2.45. The molecular formula is C23H31N3O2. The molecule has 0 bridgehead atoms. The molecule has 1 fully saturated rings. The lowest BCUT2D eigenvalue weighted by Crippen LogP contribution is -2.50. The minimum atomic E-state index is -0.508. The first-order chi connectivity index (χ1) is 13.1. The number of rotatable bonds is 2. The molecule has 2 atom stereocenters. The van der Waals surface area contributed by atoms with Crippen molar-refractivity contribution in [3.8, 4) is 0 Å². The molecule has 0 aromatic heterocycles. The van der Waals surface area contributed by atoms with Crippen molar-refractivity contribution in [2.45, 2.75) is 51.0 Å². The van der Waals surface area contributed by atoms with Crippen LogP contribution in [0.25, 0.3) is 0 Å². The van der Waals surface area contributed by atoms with E-state index in [0.29, 0.717) is 13.1 Å². The van der Waals surface area contributed by atoms with Crippen molar-refractivity contribution in [3.05, 3.63) is 59.7 Å². The van der Waals surface area contributed by atoms with Gasteiger partial charge in [-0.3, -0.25) is 0 Å². The Labute approximate surface area is 167 Å². The minimum absolute atomic E-state index is 0.123. The number of hydrogen-bond acceptors (Lipinski definition) is 4. The van der Waals surface area contributed by atoms with Gasteiger partial charge in [-0.2, -0.15) is 0 Å². The fraction of sp³-hybridized carbons (Fsp3) is 0.435. The first-order valence-electron chi connectivity index (χ1n) is 9.78. The van der Waals surface area contributed by atoms with Gasteiger partial charge in [0.05, 0.1) is 0 Å². The summed E-state index contributed by atoms with van der Waals surface area (Å²) < 4.78 is 5.62. The number of nitrogens with zero attached hydrogens (tertiary/aromatic N) is 1. The molecule has 0 radical (unpaired) electrons. The van der Waals surface area contributed by atoms with E-state index in [-0.39, 0.29) is 17.4 Å². The van der Waals surface area contributed by atoms with Crippen LogP contribution in [0.2, 0.25) is 0 Å². The second-order valence-corrected chi connectivity index (χ2v) is 8.94. The molecule has 3 rings (SSSR count). The third-order valence-corrected chi connectivity index (χ3v) is 5.63. The van der Waals surface area contributed by atoms with Gasteiger partial charge in [0, 0.05) is 35.8 Å². The average molecular weight is 382 g/mol. The second kappa shape index (κ2) is 7.38. The molecule has 5 heteroatoms. The van der Waals surface area contributed by atoms with Crippen molar-refractivity contribution in [2.24, 2.45) is 0 Å². The first kappa shape index (κ1) is 20.1. The molecule has 28 heavy (non-hydrogen) atoms. The van der Waals surface area contributed by atoms with Gasteiger partial charge in [-0.25, -0.2) is 4.79 Å². The smallest absolute Gasteiger partial charge is 0.410 e. The molecule has 1 aliphatic heterocycles. The Morgan fingerprint density at radius 2 is 1.57 bits per heavy atom. The van der Waals surface area contributed by atoms with Gasteiger partial charge in [0.1, 0.15) is 5.60 Å². The standard InChI is InChI=1S/C23H31N3O2/c1-22(2,3)28-21(27)26-14-13-23(4,17-7-11-19(25)12-8-17)20(15-26)16-5-9-18(24)10-6-16/h5-12,20H,13-15,24-25H2,1-4H3. The quantitative estimate of drug-likeness (QED) is 0.749. The Bertz CT molecular complexity index is 824. The summed E-state index contributed by atoms with van der Waals surface area (Å²) in [5, 5.41) is 0. The summed E-state index contributed by atoms with van der Waals surface area (Å²) in [6.45, 7) is 9.20. The number of benzene rings is 2. The molecular weight excluding hydrogens is 350 g/mol. The van der Waals surface area contributed by atoms with Gasteiger partial charge in [-0.15, -0.1) is 0 Å². The fourth-order valence-corrected chi connectivity index (χ4v) is 3.96. The van der Waals surface area contributed by atoms with E-state index < -0.39 is 5.60 Å². The van der Waals surface area contributed by atoms with Gasteiger partial charge in [-0.1, -0.05) is 31.2 Å². The largest absolute Gasteiger partial charge is 0.444 e. The highest BCUT2D eigenvalue weighted by atomic mass is 16.6. The molecule has 150 valence electrons. The van der Waals surface area contributed by atoms with E-state index in [1.54, 1.807) is 0 Å². The molecule has 1 amide bonds. The lowest BCUT2D eigenvalue weighted by atomic mass is 9.65. The van der Waals surface area contributed by atoms with Crippen molar-refractivity contribution >= 4 is 17.5 Å². The summed E-state index contributed by atoms with van der Waals surface area (Å²) >= 11 is 0. The van der Waals surface area contributed by atoms with Crippen LogP contribution < -0.4 is 11.5 Å². The van der Waals surface area contributed by atoms with Crippen LogP contribution in [-0.2, 0) is 10.2 Å². The summed E-state index contributed by atoms with van der Waals surface area (Å²) in [4.78, 5) is 14.5. The first-order valence-corrected chi connectivity index (χ1v) is 9.78. The number of carbonyl (C=O) groups is 1. The van der Waals surface area contributed by atoms with E-state index in [1.807, 2.05) is 49.9 Å². The van der Waals surface area contributed by atoms with E-state index in [2.05, 4.69) is 31.2 Å². The summed E-state index contributed by atoms with van der Waals surface area (Å²) in [5.74, 6) is 0.123. The normalized spacial score (nSPS) is 22.7. The van der Waals surface area contributed by atoms with E-state index in [9.17, 15) is 4.79 Å². The van der Waals surface area contributed by atoms with Gasteiger partial charge in [0.15, 0.2) is 0 Å². The molecule has 1 heterocycles. The Kier molecular flexibility index (Phi) is 5.28. The molecule has 0 spiro atoms. The van der Waals surface area contributed by atoms with Crippen LogP contribution in [0.15, 0.2) is 48.5 Å². The summed E-state index contributed by atoms with van der Waals surface area (Å²) in [6.07, 6.45) is 0.581. The van der Waals surface area contributed by atoms with Gasteiger partial charge in [-0.05, 0) is 62.6 Å². The van der Waals surface area contributed by atoms with E-state index in [1.165, 1.54) is 11.1 Å². The van der Waals surface area contributed by atoms with Crippen LogP contribution in [0.4, 0.5) is 16.2 Å². The lowest BCUT2D eigenvalue weighted by Gasteiger charge is -2.46. The van der Waals surface area contributed by atoms with E-state index in [0.717, 1.165) is 17.8 Å². The number of piperidine rings is 1. The zero-order valence-corrected chi connectivity index (χ0v) is 17.2. The molecule has 4 N–H and O–H groups in total. The highest BCUT2D eigenvalue weighted by molar-refractivity contribution is 5.68. The van der Waals surface area contributed by atoms with Crippen LogP contribution in [0.1, 0.15) is 51.2 Å². The van der Waals surface area contributed by atoms with Crippen molar-refractivity contribution in [1.82, 2.24) is 4.90 Å². The zero-order valence-electron chi connectivity index (χ0n) is 17.2. The molecule has 2 aromatic carbocycles. The second-order valence-electron chi connectivity index (χ2n) is 8.94. The van der Waals surface area contributed by atoms with Crippen molar-refractivity contribution < 1.29 is 9.53 Å². The zero-order chi connectivity index (χ0) is 20.5. The Balaban J connectivity index is 1.95. The van der Waals surface area contributed by atoms with Crippen LogP contribution >= 0.6 is 0 Å². The SMILES string of the molecule is CC(C)(C)OC(=O)N1CCC(C)(c2ccc(N)cc2)C(c2ccc(N)cc2)C1. The predicted octanol–water partition coefficient (Wildman–Crippen LogP) is 4.53. The molecule has 2 aromatic rings. The van der Waals surface area contributed by atoms with Crippen LogP contribution in [0.3, 0.4) is 0 Å². The van der Waals surface area contributed by atoms with E-state index in [4.69, 9.17) is 16.2 Å². The summed E-state index contributed by atoms with van der Waals surface area (Å²) in [7, 11) is 0. The maximum atomic E-state index is 12.7. The molecule has 5 nitrogen and oxygen atoms in total. The van der Waals surface area contributed by atoms with E-state index >= 15 is 0 Å².